The maximum atomic E-state index is 11.3. The van der Waals surface area contributed by atoms with Gasteiger partial charge in [0.1, 0.15) is 0 Å². The fraction of sp³-hybridized carbons (Fsp3) is 0.267. The van der Waals surface area contributed by atoms with Crippen molar-refractivity contribution in [2.75, 3.05) is 5.32 Å². The lowest BCUT2D eigenvalue weighted by atomic mass is 10.1. The molecule has 0 bridgehead atoms. The number of benzene rings is 1. The van der Waals surface area contributed by atoms with Gasteiger partial charge in [-0.25, -0.2) is 18.4 Å². The summed E-state index contributed by atoms with van der Waals surface area (Å²) in [5.41, 5.74) is 1.45. The number of rotatable bonds is 6. The van der Waals surface area contributed by atoms with E-state index in [1.165, 1.54) is 17.7 Å². The van der Waals surface area contributed by atoms with Gasteiger partial charge in [-0.3, -0.25) is 0 Å². The van der Waals surface area contributed by atoms with Crippen molar-refractivity contribution < 1.29 is 18.3 Å². The minimum absolute atomic E-state index is 0.128. The molecule has 0 atom stereocenters. The Morgan fingerprint density at radius 1 is 1.35 bits per heavy atom. The predicted octanol–water partition coefficient (Wildman–Crippen LogP) is 2.83. The molecule has 124 valence electrons. The van der Waals surface area contributed by atoms with Crippen molar-refractivity contribution in [3.05, 3.63) is 45.6 Å². The second-order valence-corrected chi connectivity index (χ2v) is 7.97. The number of aromatic carboxylic acids is 1. The second kappa shape index (κ2) is 6.69. The molecule has 0 saturated carbocycles. The number of nitrogens with one attached hydrogen (secondary N) is 1. The van der Waals surface area contributed by atoms with Crippen LogP contribution >= 0.6 is 11.3 Å². The summed E-state index contributed by atoms with van der Waals surface area (Å²) in [5.74, 6) is -0.782. The van der Waals surface area contributed by atoms with E-state index in [1.54, 1.807) is 11.3 Å². The van der Waals surface area contributed by atoms with Crippen molar-refractivity contribution in [3.8, 4) is 0 Å². The number of carbonyl (C=O) groups is 1. The Kier molecular flexibility index (Phi) is 5.08. The molecule has 4 N–H and O–H groups in total. The largest absolute Gasteiger partial charge is 0.478 e. The van der Waals surface area contributed by atoms with Crippen molar-refractivity contribution in [1.29, 1.82) is 0 Å². The Hall–Kier alpha value is -1.90. The minimum atomic E-state index is -3.94. The van der Waals surface area contributed by atoms with Crippen LogP contribution in [0.1, 0.15) is 40.6 Å². The summed E-state index contributed by atoms with van der Waals surface area (Å²) in [6.45, 7) is 4.67. The first kappa shape index (κ1) is 17.5. The number of hydrogen-bond acceptors (Lipinski definition) is 5. The maximum absolute atomic E-state index is 11.3. The van der Waals surface area contributed by atoms with Gasteiger partial charge in [0.05, 0.1) is 10.5 Å². The molecule has 6 nitrogen and oxygen atoms in total. The van der Waals surface area contributed by atoms with Gasteiger partial charge in [-0.1, -0.05) is 13.8 Å². The van der Waals surface area contributed by atoms with Crippen molar-refractivity contribution in [2.45, 2.75) is 31.2 Å². The zero-order valence-electron chi connectivity index (χ0n) is 12.7. The smallest absolute Gasteiger partial charge is 0.337 e. The molecule has 1 aromatic heterocycles. The molecule has 1 heterocycles. The Balaban J connectivity index is 2.23. The van der Waals surface area contributed by atoms with Gasteiger partial charge in [-0.2, -0.15) is 0 Å². The molecule has 0 spiro atoms. The van der Waals surface area contributed by atoms with Crippen LogP contribution in [-0.2, 0) is 16.6 Å². The zero-order chi connectivity index (χ0) is 17.2. The van der Waals surface area contributed by atoms with E-state index < -0.39 is 16.0 Å². The number of anilines is 1. The van der Waals surface area contributed by atoms with E-state index in [0.717, 1.165) is 10.9 Å². The lowest BCUT2D eigenvalue weighted by Crippen LogP contribution is -2.14. The number of sulfonamides is 1. The van der Waals surface area contributed by atoms with Gasteiger partial charge in [0.15, 0.2) is 0 Å². The summed E-state index contributed by atoms with van der Waals surface area (Å²) in [7, 11) is -3.94. The number of thiophene rings is 1. The van der Waals surface area contributed by atoms with Gasteiger partial charge >= 0.3 is 5.97 Å². The highest BCUT2D eigenvalue weighted by Gasteiger charge is 2.16. The van der Waals surface area contributed by atoms with Crippen molar-refractivity contribution in [2.24, 2.45) is 5.14 Å². The molecule has 0 radical (unpaired) electrons. The number of hydrogen-bond donors (Lipinski definition) is 3. The minimum Gasteiger partial charge on any atom is -0.478 e. The van der Waals surface area contributed by atoms with Gasteiger partial charge in [0.25, 0.3) is 0 Å². The lowest BCUT2D eigenvalue weighted by Gasteiger charge is -2.10. The van der Waals surface area contributed by atoms with Crippen LogP contribution in [0.3, 0.4) is 0 Å². The molecule has 23 heavy (non-hydrogen) atoms. The lowest BCUT2D eigenvalue weighted by molar-refractivity contribution is 0.0697. The predicted molar refractivity (Wildman–Crippen MR) is 90.5 cm³/mol. The molecule has 8 heteroatoms. The standard InChI is InChI=1S/C15H18N2O4S2/c1-9(2)10-5-11(22-8-10)7-17-14-4-3-12(23(16,20)21)6-13(14)15(18)19/h3-6,8-9,17H,7H2,1-2H3,(H,18,19)(H2,16,20,21). The summed E-state index contributed by atoms with van der Waals surface area (Å²) in [4.78, 5) is 12.2. The molecule has 0 fully saturated rings. The molecular formula is C15H18N2O4S2. The summed E-state index contributed by atoms with van der Waals surface area (Å²) < 4.78 is 22.7. The van der Waals surface area contributed by atoms with Crippen LogP contribution < -0.4 is 10.5 Å². The fourth-order valence-corrected chi connectivity index (χ4v) is 3.53. The average molecular weight is 354 g/mol. The molecular weight excluding hydrogens is 336 g/mol. The quantitative estimate of drug-likeness (QED) is 0.739. The van der Waals surface area contributed by atoms with Gasteiger partial charge in [-0.15, -0.1) is 11.3 Å². The molecule has 0 aliphatic carbocycles. The number of carboxylic acids is 1. The van der Waals surface area contributed by atoms with Gasteiger partial charge < -0.3 is 10.4 Å². The van der Waals surface area contributed by atoms with E-state index in [9.17, 15) is 18.3 Å². The van der Waals surface area contributed by atoms with Gasteiger partial charge in [0.2, 0.25) is 10.0 Å². The fourth-order valence-electron chi connectivity index (χ4n) is 2.01. The summed E-state index contributed by atoms with van der Waals surface area (Å²) in [5, 5.41) is 19.4. The van der Waals surface area contributed by atoms with E-state index in [0.29, 0.717) is 18.2 Å². The van der Waals surface area contributed by atoms with Crippen LogP contribution in [0, 0.1) is 0 Å². The Bertz CT molecular complexity index is 826. The van der Waals surface area contributed by atoms with E-state index in [4.69, 9.17) is 5.14 Å². The van der Waals surface area contributed by atoms with E-state index in [1.807, 2.05) is 0 Å². The van der Waals surface area contributed by atoms with Crippen molar-refractivity contribution >= 4 is 33.0 Å². The normalized spacial score (nSPS) is 11.7. The third kappa shape index (κ3) is 4.31. The van der Waals surface area contributed by atoms with Gasteiger partial charge in [0, 0.05) is 17.1 Å². The molecule has 0 aliphatic rings. The molecule has 0 unspecified atom stereocenters. The monoisotopic (exact) mass is 354 g/mol. The van der Waals surface area contributed by atoms with E-state index in [-0.39, 0.29) is 10.5 Å². The highest BCUT2D eigenvalue weighted by atomic mass is 32.2. The number of nitrogens with two attached hydrogens (primary N) is 1. The summed E-state index contributed by atoms with van der Waals surface area (Å²) in [6, 6.07) is 5.84. The topological polar surface area (TPSA) is 109 Å². The SMILES string of the molecule is CC(C)c1csc(CNc2ccc(S(N)(=O)=O)cc2C(=O)O)c1. The average Bonchev–Trinajstić information content (AvgIpc) is 2.92. The Morgan fingerprint density at radius 3 is 2.57 bits per heavy atom. The molecule has 0 aliphatic heterocycles. The van der Waals surface area contributed by atoms with Crippen LogP contribution in [0.25, 0.3) is 0 Å². The number of carboxylic acid groups (broad SMARTS) is 1. The molecule has 0 amide bonds. The van der Waals surface area contributed by atoms with Crippen LogP contribution in [0.5, 0.6) is 0 Å². The van der Waals surface area contributed by atoms with Crippen LogP contribution in [0.2, 0.25) is 0 Å². The number of primary sulfonamides is 1. The van der Waals surface area contributed by atoms with Crippen LogP contribution in [-0.4, -0.2) is 19.5 Å². The first-order valence-electron chi connectivity index (χ1n) is 6.90. The Morgan fingerprint density at radius 2 is 2.04 bits per heavy atom. The van der Waals surface area contributed by atoms with Crippen LogP contribution in [0.4, 0.5) is 5.69 Å². The third-order valence-corrected chi connectivity index (χ3v) is 5.21. The zero-order valence-corrected chi connectivity index (χ0v) is 14.4. The summed E-state index contributed by atoms with van der Waals surface area (Å²) in [6.07, 6.45) is 0. The van der Waals surface area contributed by atoms with E-state index >= 15 is 0 Å². The molecule has 2 aromatic rings. The van der Waals surface area contributed by atoms with Crippen LogP contribution in [0.15, 0.2) is 34.5 Å². The first-order valence-corrected chi connectivity index (χ1v) is 9.32. The highest BCUT2D eigenvalue weighted by Crippen LogP contribution is 2.24. The highest BCUT2D eigenvalue weighted by molar-refractivity contribution is 7.89. The second-order valence-electron chi connectivity index (χ2n) is 5.41. The van der Waals surface area contributed by atoms with Crippen molar-refractivity contribution in [1.82, 2.24) is 0 Å². The van der Waals surface area contributed by atoms with Gasteiger partial charge in [-0.05, 0) is 41.1 Å². The first-order chi connectivity index (χ1) is 10.7. The third-order valence-electron chi connectivity index (χ3n) is 3.34. The van der Waals surface area contributed by atoms with E-state index in [2.05, 4.69) is 30.6 Å². The Labute approximate surface area is 139 Å². The molecule has 2 rings (SSSR count). The summed E-state index contributed by atoms with van der Waals surface area (Å²) >= 11 is 1.59. The van der Waals surface area contributed by atoms with Crippen molar-refractivity contribution in [3.63, 3.8) is 0 Å². The molecule has 1 aromatic carbocycles. The maximum Gasteiger partial charge on any atom is 0.337 e. The molecule has 0 saturated heterocycles.